The van der Waals surface area contributed by atoms with Crippen LogP contribution in [0.3, 0.4) is 0 Å². The van der Waals surface area contributed by atoms with E-state index >= 15 is 0 Å². The quantitative estimate of drug-likeness (QED) is 0.717. The number of nitrogens with one attached hydrogen (secondary N) is 1. The lowest BCUT2D eigenvalue weighted by Crippen LogP contribution is -2.03. The zero-order valence-electron chi connectivity index (χ0n) is 8.76. The minimum atomic E-state index is -0.517. The predicted molar refractivity (Wildman–Crippen MR) is 57.0 cm³/mol. The molecule has 0 aliphatic rings. The summed E-state index contributed by atoms with van der Waals surface area (Å²) in [4.78, 5) is 10.6. The van der Waals surface area contributed by atoms with Crippen molar-refractivity contribution in [3.63, 3.8) is 0 Å². The van der Waals surface area contributed by atoms with Gasteiger partial charge < -0.3 is 0 Å². The third kappa shape index (κ3) is 2.59. The minimum Gasteiger partial charge on any atom is -0.273 e. The number of hydrogen-bond acceptors (Lipinski definition) is 1. The molecule has 75 valence electrons. The molecule has 2 heteroatoms. The molecule has 0 heterocycles. The van der Waals surface area contributed by atoms with E-state index in [4.69, 9.17) is 5.73 Å². The molecule has 1 amide bonds. The molecular weight excluding hydrogens is 174 g/mol. The van der Waals surface area contributed by atoms with Crippen LogP contribution in [0, 0.1) is 0 Å². The van der Waals surface area contributed by atoms with E-state index in [1.165, 1.54) is 11.1 Å². The Morgan fingerprint density at radius 1 is 1.21 bits per heavy atom. The number of carbonyl (C=O) groups is 1. The van der Waals surface area contributed by atoms with Crippen LogP contribution < -0.4 is 5.73 Å². The van der Waals surface area contributed by atoms with Crippen molar-refractivity contribution in [1.82, 2.24) is 5.73 Å². The van der Waals surface area contributed by atoms with Crippen molar-refractivity contribution >= 4 is 5.91 Å². The van der Waals surface area contributed by atoms with E-state index in [1.54, 1.807) is 0 Å². The molecule has 0 bridgehead atoms. The average molecular weight is 190 g/mol. The molecule has 0 spiro atoms. The fraction of sp³-hybridized carbons (Fsp3) is 0.417. The first kappa shape index (κ1) is 10.8. The maximum atomic E-state index is 10.6. The molecule has 0 aromatic heterocycles. The topological polar surface area (TPSA) is 40.9 Å². The molecule has 0 saturated carbocycles. The van der Waals surface area contributed by atoms with E-state index < -0.39 is 5.91 Å². The van der Waals surface area contributed by atoms with Crippen LogP contribution in [-0.2, 0) is 24.1 Å². The lowest BCUT2D eigenvalue weighted by molar-refractivity contribution is -0.118. The number of carbonyl (C=O) groups excluding carboxylic acids is 1. The number of rotatable bonds is 4. The van der Waals surface area contributed by atoms with Crippen LogP contribution in [0.1, 0.15) is 30.5 Å². The summed E-state index contributed by atoms with van der Waals surface area (Å²) in [6.07, 6.45) is 2.25. The van der Waals surface area contributed by atoms with E-state index in [1.807, 2.05) is 12.1 Å². The summed E-state index contributed by atoms with van der Waals surface area (Å²) in [7, 11) is 0. The van der Waals surface area contributed by atoms with Gasteiger partial charge in [0.2, 0.25) is 5.91 Å². The summed E-state index contributed by atoms with van der Waals surface area (Å²) < 4.78 is 0. The van der Waals surface area contributed by atoms with Crippen LogP contribution in [0.15, 0.2) is 18.2 Å². The van der Waals surface area contributed by atoms with Gasteiger partial charge >= 0.3 is 0 Å². The number of amides is 1. The minimum absolute atomic E-state index is 0.233. The van der Waals surface area contributed by atoms with E-state index in [0.717, 1.165) is 18.4 Å². The van der Waals surface area contributed by atoms with Gasteiger partial charge in [-0.05, 0) is 29.5 Å². The first-order valence-corrected chi connectivity index (χ1v) is 5.02. The molecule has 1 radical (unpaired) electrons. The van der Waals surface area contributed by atoms with Crippen molar-refractivity contribution in [2.24, 2.45) is 0 Å². The Bertz CT molecular complexity index is 331. The van der Waals surface area contributed by atoms with Crippen molar-refractivity contribution in [2.45, 2.75) is 33.1 Å². The predicted octanol–water partition coefficient (Wildman–Crippen LogP) is 2.16. The van der Waals surface area contributed by atoms with E-state index in [-0.39, 0.29) is 6.42 Å². The smallest absolute Gasteiger partial charge is 0.242 e. The Labute approximate surface area is 85.1 Å². The molecule has 1 N–H and O–H groups in total. The summed E-state index contributed by atoms with van der Waals surface area (Å²) in [6.45, 7) is 4.24. The molecule has 1 rings (SSSR count). The zero-order chi connectivity index (χ0) is 10.6. The molecule has 0 unspecified atom stereocenters. The van der Waals surface area contributed by atoms with Crippen LogP contribution >= 0.6 is 0 Å². The lowest BCUT2D eigenvalue weighted by Gasteiger charge is -2.07. The van der Waals surface area contributed by atoms with E-state index in [9.17, 15) is 4.79 Å². The molecule has 2 nitrogen and oxygen atoms in total. The summed E-state index contributed by atoms with van der Waals surface area (Å²) in [5.74, 6) is -0.517. The van der Waals surface area contributed by atoms with Gasteiger partial charge in [0.1, 0.15) is 0 Å². The average Bonchev–Trinajstić information content (AvgIpc) is 2.16. The zero-order valence-corrected chi connectivity index (χ0v) is 8.76. The van der Waals surface area contributed by atoms with Crippen molar-refractivity contribution in [3.05, 3.63) is 34.9 Å². The fourth-order valence-corrected chi connectivity index (χ4v) is 1.65. The van der Waals surface area contributed by atoms with Crippen molar-refractivity contribution < 1.29 is 4.79 Å². The van der Waals surface area contributed by atoms with Gasteiger partial charge in [-0.2, -0.15) is 0 Å². The van der Waals surface area contributed by atoms with Crippen LogP contribution in [0.2, 0.25) is 0 Å². The summed E-state index contributed by atoms with van der Waals surface area (Å²) in [5, 5.41) is 0. The van der Waals surface area contributed by atoms with Crippen LogP contribution in [0.25, 0.3) is 0 Å². The van der Waals surface area contributed by atoms with Gasteiger partial charge in [-0.25, -0.2) is 0 Å². The monoisotopic (exact) mass is 190 g/mol. The Hall–Kier alpha value is -1.31. The van der Waals surface area contributed by atoms with Crippen molar-refractivity contribution in [3.8, 4) is 0 Å². The summed E-state index contributed by atoms with van der Waals surface area (Å²) in [6, 6.07) is 6.06. The highest BCUT2D eigenvalue weighted by Crippen LogP contribution is 2.14. The number of benzene rings is 1. The number of hydrogen-bond donors (Lipinski definition) is 0. The Morgan fingerprint density at radius 3 is 2.36 bits per heavy atom. The van der Waals surface area contributed by atoms with Crippen LogP contribution in [0.4, 0.5) is 0 Å². The van der Waals surface area contributed by atoms with Gasteiger partial charge in [-0.3, -0.25) is 10.5 Å². The first-order chi connectivity index (χ1) is 6.67. The molecule has 0 saturated heterocycles. The first-order valence-electron chi connectivity index (χ1n) is 5.02. The lowest BCUT2D eigenvalue weighted by atomic mass is 9.99. The highest BCUT2D eigenvalue weighted by atomic mass is 16.1. The molecule has 0 aliphatic heterocycles. The van der Waals surface area contributed by atoms with E-state index in [2.05, 4.69) is 19.9 Å². The van der Waals surface area contributed by atoms with E-state index in [0.29, 0.717) is 0 Å². The SMILES string of the molecule is CCc1ccc(CC([NH])=O)cc1CC. The normalized spacial score (nSPS) is 10.1. The molecule has 0 aliphatic carbocycles. The van der Waals surface area contributed by atoms with Crippen molar-refractivity contribution in [2.75, 3.05) is 0 Å². The Balaban J connectivity index is 2.95. The molecule has 1 aromatic carbocycles. The third-order valence-corrected chi connectivity index (χ3v) is 2.40. The molecule has 0 fully saturated rings. The highest BCUT2D eigenvalue weighted by Gasteiger charge is 2.03. The largest absolute Gasteiger partial charge is 0.273 e. The molecule has 14 heavy (non-hydrogen) atoms. The van der Waals surface area contributed by atoms with Gasteiger partial charge in [0.15, 0.2) is 0 Å². The second kappa shape index (κ2) is 4.80. The molecular formula is C12H16NO. The summed E-state index contributed by atoms with van der Waals surface area (Å²) in [5.41, 5.74) is 10.5. The molecule has 1 aromatic rings. The van der Waals surface area contributed by atoms with Crippen molar-refractivity contribution in [1.29, 1.82) is 0 Å². The number of aryl methyl sites for hydroxylation is 2. The van der Waals surface area contributed by atoms with Gasteiger partial charge in [-0.15, -0.1) is 0 Å². The van der Waals surface area contributed by atoms with Gasteiger partial charge in [0, 0.05) is 0 Å². The Morgan fingerprint density at radius 2 is 1.86 bits per heavy atom. The summed E-state index contributed by atoms with van der Waals surface area (Å²) >= 11 is 0. The maximum absolute atomic E-state index is 10.6. The standard InChI is InChI=1S/C12H16NO/c1-3-10-6-5-9(8-12(13)14)7-11(10)4-2/h5-7,13H,3-4,8H2,1-2H3. The van der Waals surface area contributed by atoms with Gasteiger partial charge in [0.25, 0.3) is 0 Å². The third-order valence-electron chi connectivity index (χ3n) is 2.40. The molecule has 0 atom stereocenters. The highest BCUT2D eigenvalue weighted by molar-refractivity contribution is 5.75. The second-order valence-electron chi connectivity index (χ2n) is 3.41. The second-order valence-corrected chi connectivity index (χ2v) is 3.41. The van der Waals surface area contributed by atoms with Gasteiger partial charge in [-0.1, -0.05) is 32.0 Å². The fourth-order valence-electron chi connectivity index (χ4n) is 1.65. The maximum Gasteiger partial charge on any atom is 0.242 e. The van der Waals surface area contributed by atoms with Crippen LogP contribution in [0.5, 0.6) is 0 Å². The Kier molecular flexibility index (Phi) is 3.69. The van der Waals surface area contributed by atoms with Crippen LogP contribution in [-0.4, -0.2) is 5.91 Å². The van der Waals surface area contributed by atoms with Gasteiger partial charge in [0.05, 0.1) is 6.42 Å².